The summed E-state index contributed by atoms with van der Waals surface area (Å²) < 4.78 is 5.16. The molecular weight excluding hydrogens is 232 g/mol. The van der Waals surface area contributed by atoms with Crippen LogP contribution in [-0.4, -0.2) is 22.2 Å². The van der Waals surface area contributed by atoms with Crippen LogP contribution in [0.2, 0.25) is 0 Å². The van der Waals surface area contributed by atoms with Crippen LogP contribution >= 0.6 is 0 Å². The quantitative estimate of drug-likeness (QED) is 0.846. The molecule has 5 heteroatoms. The van der Waals surface area contributed by atoms with Crippen molar-refractivity contribution >= 4 is 0 Å². The van der Waals surface area contributed by atoms with Crippen LogP contribution in [0.1, 0.15) is 11.1 Å². The third-order valence-corrected chi connectivity index (χ3v) is 2.79. The summed E-state index contributed by atoms with van der Waals surface area (Å²) in [6.45, 7) is 3.42. The number of benzene rings is 1. The van der Waals surface area contributed by atoms with Crippen molar-refractivity contribution in [3.05, 3.63) is 39.7 Å². The van der Waals surface area contributed by atoms with Crippen molar-refractivity contribution in [3.8, 4) is 23.0 Å². The SMILES string of the molecule is COc1ccc(-c2nc(O)c(C)c(=O)[nH]2)cc1C. The van der Waals surface area contributed by atoms with Gasteiger partial charge in [0, 0.05) is 5.56 Å². The number of aromatic nitrogens is 2. The fourth-order valence-electron chi connectivity index (χ4n) is 1.68. The molecule has 0 aliphatic rings. The smallest absolute Gasteiger partial charge is 0.257 e. The van der Waals surface area contributed by atoms with Crippen molar-refractivity contribution in [2.24, 2.45) is 0 Å². The molecule has 1 aromatic carbocycles. The van der Waals surface area contributed by atoms with Crippen molar-refractivity contribution < 1.29 is 9.84 Å². The third kappa shape index (κ3) is 2.07. The number of aromatic hydroxyl groups is 1. The van der Waals surface area contributed by atoms with E-state index >= 15 is 0 Å². The van der Waals surface area contributed by atoms with Gasteiger partial charge in [-0.3, -0.25) is 4.79 Å². The Morgan fingerprint density at radius 3 is 2.61 bits per heavy atom. The maximum Gasteiger partial charge on any atom is 0.257 e. The van der Waals surface area contributed by atoms with E-state index in [0.717, 1.165) is 16.9 Å². The maximum atomic E-state index is 11.6. The Hall–Kier alpha value is -2.30. The van der Waals surface area contributed by atoms with Crippen LogP contribution < -0.4 is 10.3 Å². The summed E-state index contributed by atoms with van der Waals surface area (Å²) in [6, 6.07) is 5.41. The first-order chi connectivity index (χ1) is 8.52. The summed E-state index contributed by atoms with van der Waals surface area (Å²) in [5.74, 6) is 0.855. The Bertz CT molecular complexity index is 647. The second-order valence-corrected chi connectivity index (χ2v) is 4.05. The molecule has 2 N–H and O–H groups in total. The van der Waals surface area contributed by atoms with E-state index in [2.05, 4.69) is 9.97 Å². The lowest BCUT2D eigenvalue weighted by Crippen LogP contribution is -2.12. The molecule has 18 heavy (non-hydrogen) atoms. The highest BCUT2D eigenvalue weighted by Crippen LogP contribution is 2.24. The lowest BCUT2D eigenvalue weighted by atomic mass is 10.1. The zero-order valence-corrected chi connectivity index (χ0v) is 10.4. The molecule has 0 bridgehead atoms. The zero-order valence-electron chi connectivity index (χ0n) is 10.4. The largest absolute Gasteiger partial charge is 0.496 e. The summed E-state index contributed by atoms with van der Waals surface area (Å²) in [5, 5.41) is 9.56. The van der Waals surface area contributed by atoms with E-state index in [0.29, 0.717) is 5.82 Å². The molecule has 1 aromatic heterocycles. The third-order valence-electron chi connectivity index (χ3n) is 2.79. The standard InChI is InChI=1S/C13H14N2O3/c1-7-6-9(4-5-10(7)18-3)11-14-12(16)8(2)13(17)15-11/h4-6H,1-3H3,(H2,14,15,16,17). The summed E-state index contributed by atoms with van der Waals surface area (Å²) >= 11 is 0. The monoisotopic (exact) mass is 246 g/mol. The molecule has 0 unspecified atom stereocenters. The average Bonchev–Trinajstić information content (AvgIpc) is 2.35. The zero-order chi connectivity index (χ0) is 13.3. The Morgan fingerprint density at radius 1 is 1.33 bits per heavy atom. The molecule has 5 nitrogen and oxygen atoms in total. The van der Waals surface area contributed by atoms with Crippen LogP contribution in [0, 0.1) is 13.8 Å². The van der Waals surface area contributed by atoms with E-state index in [9.17, 15) is 9.90 Å². The first-order valence-electron chi connectivity index (χ1n) is 5.48. The summed E-state index contributed by atoms with van der Waals surface area (Å²) in [4.78, 5) is 18.2. The molecule has 0 atom stereocenters. The van der Waals surface area contributed by atoms with E-state index in [1.807, 2.05) is 13.0 Å². The second kappa shape index (κ2) is 4.52. The number of rotatable bonds is 2. The van der Waals surface area contributed by atoms with Crippen LogP contribution in [0.15, 0.2) is 23.0 Å². The number of hydrogen-bond donors (Lipinski definition) is 2. The first kappa shape index (κ1) is 12.2. The van der Waals surface area contributed by atoms with Gasteiger partial charge in [-0.05, 0) is 37.6 Å². The topological polar surface area (TPSA) is 75.2 Å². The minimum atomic E-state index is -0.342. The summed E-state index contributed by atoms with van der Waals surface area (Å²) in [7, 11) is 1.60. The molecule has 0 aliphatic heterocycles. The molecule has 0 radical (unpaired) electrons. The second-order valence-electron chi connectivity index (χ2n) is 4.05. The van der Waals surface area contributed by atoms with Crippen LogP contribution in [-0.2, 0) is 0 Å². The van der Waals surface area contributed by atoms with Crippen LogP contribution in [0.5, 0.6) is 11.6 Å². The fraction of sp³-hybridized carbons (Fsp3) is 0.231. The highest BCUT2D eigenvalue weighted by atomic mass is 16.5. The molecule has 0 fully saturated rings. The Morgan fingerprint density at radius 2 is 2.06 bits per heavy atom. The minimum Gasteiger partial charge on any atom is -0.496 e. The molecule has 0 amide bonds. The number of aromatic amines is 1. The molecule has 2 aromatic rings. The molecule has 0 saturated heterocycles. The first-order valence-corrected chi connectivity index (χ1v) is 5.48. The molecule has 1 heterocycles. The van der Waals surface area contributed by atoms with Gasteiger partial charge >= 0.3 is 0 Å². The van der Waals surface area contributed by atoms with Gasteiger partial charge in [-0.25, -0.2) is 0 Å². The lowest BCUT2D eigenvalue weighted by Gasteiger charge is -2.07. The van der Waals surface area contributed by atoms with E-state index in [-0.39, 0.29) is 17.0 Å². The summed E-state index contributed by atoms with van der Waals surface area (Å²) in [6.07, 6.45) is 0. The van der Waals surface area contributed by atoms with Crippen molar-refractivity contribution in [3.63, 3.8) is 0 Å². The Balaban J connectivity index is 2.56. The van der Waals surface area contributed by atoms with Gasteiger partial charge in [0.1, 0.15) is 11.6 Å². The van der Waals surface area contributed by atoms with E-state index < -0.39 is 0 Å². The van der Waals surface area contributed by atoms with Crippen molar-refractivity contribution in [1.29, 1.82) is 0 Å². The van der Waals surface area contributed by atoms with Gasteiger partial charge in [0.05, 0.1) is 12.7 Å². The highest BCUT2D eigenvalue weighted by molar-refractivity contribution is 5.59. The van der Waals surface area contributed by atoms with E-state index in [1.54, 1.807) is 19.2 Å². The molecule has 0 saturated carbocycles. The Labute approximate surface area is 104 Å². The highest BCUT2D eigenvalue weighted by Gasteiger charge is 2.09. The van der Waals surface area contributed by atoms with Crippen molar-refractivity contribution in [2.45, 2.75) is 13.8 Å². The fourth-order valence-corrected chi connectivity index (χ4v) is 1.68. The molecular formula is C13H14N2O3. The molecule has 0 spiro atoms. The number of ether oxygens (including phenoxy) is 1. The van der Waals surface area contributed by atoms with Gasteiger partial charge in [0.15, 0.2) is 0 Å². The van der Waals surface area contributed by atoms with Gasteiger partial charge in [-0.2, -0.15) is 4.98 Å². The van der Waals surface area contributed by atoms with E-state index in [4.69, 9.17) is 4.74 Å². The number of nitrogens with zero attached hydrogens (tertiary/aromatic N) is 1. The number of aryl methyl sites for hydroxylation is 1. The maximum absolute atomic E-state index is 11.6. The summed E-state index contributed by atoms with van der Waals surface area (Å²) in [5.41, 5.74) is 1.52. The average molecular weight is 246 g/mol. The van der Waals surface area contributed by atoms with Gasteiger partial charge in [0.2, 0.25) is 5.88 Å². The number of H-pyrrole nitrogens is 1. The molecule has 2 rings (SSSR count). The molecule has 0 aliphatic carbocycles. The number of nitrogens with one attached hydrogen (secondary N) is 1. The number of methoxy groups -OCH3 is 1. The van der Waals surface area contributed by atoms with Crippen LogP contribution in [0.4, 0.5) is 0 Å². The Kier molecular flexibility index (Phi) is 3.06. The molecule has 94 valence electrons. The minimum absolute atomic E-state index is 0.212. The van der Waals surface area contributed by atoms with Crippen LogP contribution in [0.3, 0.4) is 0 Å². The van der Waals surface area contributed by atoms with Gasteiger partial charge in [0.25, 0.3) is 5.56 Å². The van der Waals surface area contributed by atoms with Gasteiger partial charge in [-0.1, -0.05) is 0 Å². The van der Waals surface area contributed by atoms with Gasteiger partial charge < -0.3 is 14.8 Å². The normalized spacial score (nSPS) is 10.4. The van der Waals surface area contributed by atoms with Crippen LogP contribution in [0.25, 0.3) is 11.4 Å². The van der Waals surface area contributed by atoms with Gasteiger partial charge in [-0.15, -0.1) is 0 Å². The predicted octanol–water partition coefficient (Wildman–Crippen LogP) is 1.77. The lowest BCUT2D eigenvalue weighted by molar-refractivity contribution is 0.412. The predicted molar refractivity (Wildman–Crippen MR) is 68.0 cm³/mol. The van der Waals surface area contributed by atoms with Crippen molar-refractivity contribution in [1.82, 2.24) is 9.97 Å². The van der Waals surface area contributed by atoms with E-state index in [1.165, 1.54) is 6.92 Å². The number of hydrogen-bond acceptors (Lipinski definition) is 4. The van der Waals surface area contributed by atoms with Crippen molar-refractivity contribution in [2.75, 3.05) is 7.11 Å².